The Labute approximate surface area is 315 Å². The first kappa shape index (κ1) is 49.4. The van der Waals surface area contributed by atoms with Crippen molar-refractivity contribution in [3.63, 3.8) is 0 Å². The fourth-order valence-corrected chi connectivity index (χ4v) is 5.19. The first-order valence-corrected chi connectivity index (χ1v) is 20.7. The minimum atomic E-state index is -4.54. The van der Waals surface area contributed by atoms with Gasteiger partial charge in [-0.2, -0.15) is 0 Å². The van der Waals surface area contributed by atoms with Crippen molar-refractivity contribution in [2.45, 2.75) is 129 Å². The zero-order valence-corrected chi connectivity index (χ0v) is 32.9. The number of phosphoric ester groups is 1. The van der Waals surface area contributed by atoms with Crippen LogP contribution in [-0.4, -0.2) is 66.3 Å². The van der Waals surface area contributed by atoms with Crippen molar-refractivity contribution >= 4 is 13.8 Å². The zero-order valence-electron chi connectivity index (χ0n) is 32.0. The summed E-state index contributed by atoms with van der Waals surface area (Å²) in [6, 6.07) is 0. The Bertz CT molecular complexity index is 1120. The van der Waals surface area contributed by atoms with E-state index in [-0.39, 0.29) is 13.0 Å². The lowest BCUT2D eigenvalue weighted by atomic mass is 10.1. The molecule has 0 heterocycles. The minimum Gasteiger partial charge on any atom is -0.457 e. The van der Waals surface area contributed by atoms with Gasteiger partial charge in [0, 0.05) is 13.0 Å². The maximum atomic E-state index is 12.5. The predicted molar refractivity (Wildman–Crippen MR) is 214 cm³/mol. The van der Waals surface area contributed by atoms with E-state index < -0.39 is 45.8 Å². The molecule has 0 fully saturated rings. The molecular formula is C42H69O9P. The van der Waals surface area contributed by atoms with E-state index in [0.717, 1.165) is 89.9 Å². The first-order chi connectivity index (χ1) is 25.3. The van der Waals surface area contributed by atoms with Crippen LogP contribution in [0.15, 0.2) is 97.2 Å². The van der Waals surface area contributed by atoms with Gasteiger partial charge in [-0.1, -0.05) is 124 Å². The van der Waals surface area contributed by atoms with Gasteiger partial charge in [-0.05, 0) is 83.5 Å². The standard InChI is InChI=1S/C42H69O9P/c1-3-5-7-9-11-13-15-17-19-20-21-22-24-26-28-30-32-34-42(45)51-41(39-50-52(46,47)49-37-40(44)36-43)38-48-35-33-31-29-27-25-23-18-16-14-12-10-8-6-4-2/h5-8,11-14,17-19,21-23,26,28,40-41,43-44H,3-4,9-10,15-16,20,24-25,27,29-39H2,1-2H3,(H,46,47)/b7-5-,8-6-,13-11-,14-12-,19-17-,22-21-,23-18-,28-26-. The number of aliphatic hydroxyl groups is 2. The van der Waals surface area contributed by atoms with Gasteiger partial charge < -0.3 is 24.6 Å². The Kier molecular flexibility index (Phi) is 36.2. The molecule has 0 bridgehead atoms. The SMILES string of the molecule is CC/C=C\C/C=C\C/C=C\C/C=C\C/C=C\CCCC(=O)OC(COCCCCCC/C=C\C/C=C\C/C=C\CC)COP(=O)(O)OCC(O)CO. The van der Waals surface area contributed by atoms with Crippen molar-refractivity contribution in [3.8, 4) is 0 Å². The van der Waals surface area contributed by atoms with E-state index in [2.05, 4.69) is 105 Å². The number of carbonyl (C=O) groups is 1. The smallest absolute Gasteiger partial charge is 0.457 e. The van der Waals surface area contributed by atoms with Gasteiger partial charge in [0.1, 0.15) is 12.2 Å². The molecule has 3 N–H and O–H groups in total. The summed E-state index contributed by atoms with van der Waals surface area (Å²) in [6.07, 6.45) is 46.6. The van der Waals surface area contributed by atoms with E-state index in [1.807, 2.05) is 6.08 Å². The van der Waals surface area contributed by atoms with Gasteiger partial charge in [0.05, 0.1) is 26.4 Å². The van der Waals surface area contributed by atoms with Crippen LogP contribution in [-0.2, 0) is 27.9 Å². The fraction of sp³-hybridized carbons (Fsp3) is 0.595. The van der Waals surface area contributed by atoms with Gasteiger partial charge in [-0.15, -0.1) is 0 Å². The van der Waals surface area contributed by atoms with Crippen molar-refractivity contribution in [1.29, 1.82) is 0 Å². The van der Waals surface area contributed by atoms with Crippen LogP contribution in [0.2, 0.25) is 0 Å². The monoisotopic (exact) mass is 748 g/mol. The average molecular weight is 749 g/mol. The lowest BCUT2D eigenvalue weighted by molar-refractivity contribution is -0.154. The van der Waals surface area contributed by atoms with E-state index in [1.54, 1.807) is 0 Å². The van der Waals surface area contributed by atoms with E-state index in [1.165, 1.54) is 0 Å². The largest absolute Gasteiger partial charge is 0.472 e. The molecule has 0 aliphatic rings. The van der Waals surface area contributed by atoms with Gasteiger partial charge in [0.2, 0.25) is 0 Å². The third-order valence-electron chi connectivity index (χ3n) is 7.27. The number of hydrogen-bond acceptors (Lipinski definition) is 8. The molecule has 52 heavy (non-hydrogen) atoms. The summed E-state index contributed by atoms with van der Waals surface area (Å²) in [4.78, 5) is 22.5. The molecule has 0 rings (SSSR count). The van der Waals surface area contributed by atoms with Gasteiger partial charge in [0.25, 0.3) is 0 Å². The molecule has 0 aliphatic heterocycles. The fourth-order valence-electron chi connectivity index (χ4n) is 4.40. The zero-order chi connectivity index (χ0) is 38.2. The lowest BCUT2D eigenvalue weighted by Crippen LogP contribution is -2.29. The molecule has 10 heteroatoms. The third kappa shape index (κ3) is 37.1. The number of phosphoric acid groups is 1. The molecule has 0 saturated heterocycles. The van der Waals surface area contributed by atoms with Crippen molar-refractivity contribution in [3.05, 3.63) is 97.2 Å². The molecule has 0 spiro atoms. The normalized spacial score (nSPS) is 15.2. The molecule has 3 atom stereocenters. The highest BCUT2D eigenvalue weighted by molar-refractivity contribution is 7.47. The van der Waals surface area contributed by atoms with Crippen LogP contribution >= 0.6 is 7.82 Å². The van der Waals surface area contributed by atoms with Crippen LogP contribution in [0.5, 0.6) is 0 Å². The maximum Gasteiger partial charge on any atom is 0.472 e. The maximum absolute atomic E-state index is 12.5. The van der Waals surface area contributed by atoms with Crippen LogP contribution in [0.25, 0.3) is 0 Å². The molecule has 296 valence electrons. The molecule has 0 amide bonds. The number of ether oxygens (including phenoxy) is 2. The highest BCUT2D eigenvalue weighted by atomic mass is 31.2. The lowest BCUT2D eigenvalue weighted by Gasteiger charge is -2.20. The topological polar surface area (TPSA) is 132 Å². The molecule has 0 aromatic heterocycles. The summed E-state index contributed by atoms with van der Waals surface area (Å²) in [7, 11) is -4.54. The molecule has 0 aliphatic carbocycles. The average Bonchev–Trinajstić information content (AvgIpc) is 3.13. The van der Waals surface area contributed by atoms with Crippen molar-refractivity contribution in [2.75, 3.05) is 33.0 Å². The van der Waals surface area contributed by atoms with Crippen LogP contribution in [0.3, 0.4) is 0 Å². The predicted octanol–water partition coefficient (Wildman–Crippen LogP) is 10.1. The number of aliphatic hydroxyl groups excluding tert-OH is 2. The number of esters is 1. The van der Waals surface area contributed by atoms with E-state index in [0.29, 0.717) is 13.0 Å². The summed E-state index contributed by atoms with van der Waals surface area (Å²) < 4.78 is 33.2. The Morgan fingerprint density at radius 2 is 1.04 bits per heavy atom. The van der Waals surface area contributed by atoms with Crippen LogP contribution in [0, 0.1) is 0 Å². The summed E-state index contributed by atoms with van der Waals surface area (Å²) in [6.45, 7) is 3.11. The van der Waals surface area contributed by atoms with Crippen molar-refractivity contribution < 1.29 is 43.0 Å². The van der Waals surface area contributed by atoms with E-state index in [4.69, 9.17) is 23.6 Å². The van der Waals surface area contributed by atoms with Crippen LogP contribution in [0.4, 0.5) is 0 Å². The summed E-state index contributed by atoms with van der Waals surface area (Å²) >= 11 is 0. The molecule has 0 aromatic carbocycles. The Balaban J connectivity index is 4.41. The van der Waals surface area contributed by atoms with Crippen molar-refractivity contribution in [2.24, 2.45) is 0 Å². The highest BCUT2D eigenvalue weighted by Gasteiger charge is 2.26. The second-order valence-corrected chi connectivity index (χ2v) is 13.6. The Morgan fingerprint density at radius 1 is 0.596 bits per heavy atom. The highest BCUT2D eigenvalue weighted by Crippen LogP contribution is 2.43. The first-order valence-electron chi connectivity index (χ1n) is 19.2. The van der Waals surface area contributed by atoms with Crippen LogP contribution in [0.1, 0.15) is 117 Å². The number of carbonyl (C=O) groups excluding carboxylic acids is 1. The molecule has 0 saturated carbocycles. The summed E-state index contributed by atoms with van der Waals surface area (Å²) in [5.41, 5.74) is 0. The second-order valence-electron chi connectivity index (χ2n) is 12.2. The Hall–Kier alpha value is -2.62. The van der Waals surface area contributed by atoms with Gasteiger partial charge in [0.15, 0.2) is 0 Å². The van der Waals surface area contributed by atoms with E-state index in [9.17, 15) is 19.4 Å². The number of allylic oxidation sites excluding steroid dienone is 16. The second kappa shape index (κ2) is 38.1. The Morgan fingerprint density at radius 3 is 1.54 bits per heavy atom. The minimum absolute atomic E-state index is 0.00423. The quantitative estimate of drug-likeness (QED) is 0.0251. The number of unbranched alkanes of at least 4 members (excludes halogenated alkanes) is 5. The number of rotatable bonds is 35. The van der Waals surface area contributed by atoms with Crippen molar-refractivity contribution in [1.82, 2.24) is 0 Å². The van der Waals surface area contributed by atoms with Gasteiger partial charge >= 0.3 is 13.8 Å². The van der Waals surface area contributed by atoms with E-state index >= 15 is 0 Å². The third-order valence-corrected chi connectivity index (χ3v) is 8.22. The molecule has 0 radical (unpaired) electrons. The molecule has 3 unspecified atom stereocenters. The van der Waals surface area contributed by atoms with Gasteiger partial charge in [-0.25, -0.2) is 4.57 Å². The number of hydrogen-bond donors (Lipinski definition) is 3. The van der Waals surface area contributed by atoms with Gasteiger partial charge in [-0.3, -0.25) is 13.8 Å². The molecule has 0 aromatic rings. The summed E-state index contributed by atoms with van der Waals surface area (Å²) in [5, 5.41) is 18.3. The molecular weight excluding hydrogens is 679 g/mol. The molecule has 9 nitrogen and oxygen atoms in total. The summed E-state index contributed by atoms with van der Waals surface area (Å²) in [5.74, 6) is -0.453. The van der Waals surface area contributed by atoms with Crippen LogP contribution < -0.4 is 0 Å².